The van der Waals surface area contributed by atoms with Gasteiger partial charge in [-0.05, 0) is 77.8 Å². The SMILES string of the molecule is COc1cc([C@H]2C3=CC[C@@H]4C(=O)N(CCc5ccc(O)cc5)C(=O)[C@@H]4[C@@H]3C[C@H]3C(=O)C(c4ccccc4)=CC(=O)[C@@]23c2ccccc2)cc(OC)c1O. The molecule has 0 radical (unpaired) electrons. The highest BCUT2D eigenvalue weighted by atomic mass is 16.5. The van der Waals surface area contributed by atoms with E-state index in [2.05, 4.69) is 0 Å². The van der Waals surface area contributed by atoms with Crippen LogP contribution in [-0.4, -0.2) is 59.3 Å². The molecule has 1 saturated carbocycles. The van der Waals surface area contributed by atoms with Gasteiger partial charge in [0.1, 0.15) is 5.75 Å². The van der Waals surface area contributed by atoms with Crippen molar-refractivity contribution in [1.82, 2.24) is 4.90 Å². The third kappa shape index (κ3) is 5.28. The predicted molar refractivity (Wildman–Crippen MR) is 196 cm³/mol. The third-order valence-electron chi connectivity index (χ3n) is 11.9. The van der Waals surface area contributed by atoms with Gasteiger partial charge in [0.25, 0.3) is 0 Å². The Kier molecular flexibility index (Phi) is 8.52. The summed E-state index contributed by atoms with van der Waals surface area (Å²) in [7, 11) is 2.86. The molecule has 9 nitrogen and oxygen atoms in total. The largest absolute Gasteiger partial charge is 0.508 e. The van der Waals surface area contributed by atoms with E-state index in [4.69, 9.17) is 9.47 Å². The Labute approximate surface area is 307 Å². The lowest BCUT2D eigenvalue weighted by Gasteiger charge is -2.55. The first-order chi connectivity index (χ1) is 25.7. The van der Waals surface area contributed by atoms with Gasteiger partial charge in [-0.2, -0.15) is 0 Å². The number of methoxy groups -OCH3 is 2. The standard InChI is InChI=1S/C44H39NO8/c1-52-35-21-27(22-36(53-2)41(35)49)39-30-17-18-31-38(43(51)45(42(31)50)20-19-25-13-15-29(46)16-14-25)33(30)23-34-40(48)32(26-9-5-3-6-10-26)24-37(47)44(34,39)28-11-7-4-8-12-28/h3-17,21-22,24,31,33-34,38-39,46,49H,18-20,23H2,1-2H3/t31-,33+,34-,38-,39-,44-/m0/s1. The van der Waals surface area contributed by atoms with E-state index in [1.807, 2.05) is 66.7 Å². The Morgan fingerprint density at radius 3 is 2.08 bits per heavy atom. The van der Waals surface area contributed by atoms with Crippen molar-refractivity contribution in [2.24, 2.45) is 23.7 Å². The van der Waals surface area contributed by atoms with Gasteiger partial charge < -0.3 is 19.7 Å². The number of Topliss-reactive ketones (excluding diaryl/α,β-unsaturated/α-hetero) is 1. The van der Waals surface area contributed by atoms with Crippen LogP contribution >= 0.6 is 0 Å². The number of phenolic OH excluding ortho intramolecular Hbond substituents is 2. The van der Waals surface area contributed by atoms with Gasteiger partial charge in [-0.1, -0.05) is 84.4 Å². The highest BCUT2D eigenvalue weighted by Gasteiger charge is 2.66. The maximum absolute atomic E-state index is 15.2. The first kappa shape index (κ1) is 34.1. The number of carbonyl (C=O) groups is 4. The summed E-state index contributed by atoms with van der Waals surface area (Å²) in [5.41, 5.74) is 2.45. The molecular weight excluding hydrogens is 670 g/mol. The highest BCUT2D eigenvalue weighted by molar-refractivity contribution is 6.31. The number of rotatable bonds is 8. The molecule has 9 heteroatoms. The summed E-state index contributed by atoms with van der Waals surface area (Å²) in [6, 6.07) is 28.5. The van der Waals surface area contributed by atoms with Gasteiger partial charge in [0.15, 0.2) is 23.1 Å². The highest BCUT2D eigenvalue weighted by Crippen LogP contribution is 2.64. The zero-order valence-electron chi connectivity index (χ0n) is 29.4. The van der Waals surface area contributed by atoms with Crippen LogP contribution in [0.5, 0.6) is 23.0 Å². The fraction of sp³-hybridized carbons (Fsp3) is 0.273. The first-order valence-corrected chi connectivity index (χ1v) is 17.9. The molecular formula is C44H39NO8. The van der Waals surface area contributed by atoms with E-state index in [-0.39, 0.29) is 59.3 Å². The van der Waals surface area contributed by atoms with E-state index >= 15 is 9.59 Å². The number of allylic oxidation sites excluding steroid dienone is 4. The molecule has 6 atom stereocenters. The number of likely N-dealkylation sites (tertiary alicyclic amines) is 1. The number of phenols is 2. The lowest BCUT2D eigenvalue weighted by atomic mass is 9.44. The van der Waals surface area contributed by atoms with Crippen LogP contribution in [0.15, 0.2) is 115 Å². The molecule has 0 bridgehead atoms. The zero-order chi connectivity index (χ0) is 37.0. The molecule has 4 aromatic rings. The van der Waals surface area contributed by atoms with Gasteiger partial charge in [-0.3, -0.25) is 24.1 Å². The molecule has 1 saturated heterocycles. The number of imide groups is 1. The van der Waals surface area contributed by atoms with Gasteiger partial charge in [0.2, 0.25) is 17.6 Å². The zero-order valence-corrected chi connectivity index (χ0v) is 29.4. The minimum Gasteiger partial charge on any atom is -0.508 e. The van der Waals surface area contributed by atoms with E-state index in [0.717, 1.165) is 11.1 Å². The van der Waals surface area contributed by atoms with E-state index in [9.17, 15) is 19.8 Å². The summed E-state index contributed by atoms with van der Waals surface area (Å²) in [4.78, 5) is 60.2. The molecule has 4 aromatic carbocycles. The Balaban J connectivity index is 1.31. The van der Waals surface area contributed by atoms with Crippen LogP contribution in [0.1, 0.15) is 41.0 Å². The van der Waals surface area contributed by atoms with Crippen LogP contribution in [0.4, 0.5) is 0 Å². The topological polar surface area (TPSA) is 130 Å². The van der Waals surface area contributed by atoms with Crippen LogP contribution in [-0.2, 0) is 31.0 Å². The van der Waals surface area contributed by atoms with Crippen LogP contribution in [0, 0.1) is 23.7 Å². The van der Waals surface area contributed by atoms with Gasteiger partial charge in [0.05, 0.1) is 31.5 Å². The second-order valence-corrected chi connectivity index (χ2v) is 14.3. The summed E-state index contributed by atoms with van der Waals surface area (Å²) < 4.78 is 11.2. The molecule has 1 aliphatic heterocycles. The van der Waals surface area contributed by atoms with Crippen molar-refractivity contribution >= 4 is 29.0 Å². The summed E-state index contributed by atoms with van der Waals surface area (Å²) in [5.74, 6) is -4.31. The monoisotopic (exact) mass is 709 g/mol. The average molecular weight is 710 g/mol. The van der Waals surface area contributed by atoms with Gasteiger partial charge in [-0.15, -0.1) is 0 Å². The molecule has 268 valence electrons. The molecule has 2 fully saturated rings. The molecule has 2 N–H and O–H groups in total. The molecule has 4 aliphatic rings. The lowest BCUT2D eigenvalue weighted by Crippen LogP contribution is -2.58. The molecule has 3 aliphatic carbocycles. The summed E-state index contributed by atoms with van der Waals surface area (Å²) >= 11 is 0. The van der Waals surface area contributed by atoms with Crippen molar-refractivity contribution in [3.63, 3.8) is 0 Å². The van der Waals surface area contributed by atoms with Crippen molar-refractivity contribution in [2.75, 3.05) is 20.8 Å². The maximum Gasteiger partial charge on any atom is 0.233 e. The van der Waals surface area contributed by atoms with Crippen molar-refractivity contribution in [2.45, 2.75) is 30.6 Å². The number of hydrogen-bond acceptors (Lipinski definition) is 8. The molecule has 53 heavy (non-hydrogen) atoms. The summed E-state index contributed by atoms with van der Waals surface area (Å²) in [6.07, 6.45) is 4.39. The van der Waals surface area contributed by atoms with E-state index in [0.29, 0.717) is 35.1 Å². The van der Waals surface area contributed by atoms with Gasteiger partial charge in [-0.25, -0.2) is 0 Å². The minimum absolute atomic E-state index is 0.134. The number of nitrogens with zero attached hydrogens (tertiary/aromatic N) is 1. The number of fused-ring (bicyclic) bond motifs is 4. The number of hydrogen-bond donors (Lipinski definition) is 2. The van der Waals surface area contributed by atoms with E-state index in [1.54, 1.807) is 36.4 Å². The van der Waals surface area contributed by atoms with Crippen molar-refractivity contribution in [3.05, 3.63) is 137 Å². The fourth-order valence-corrected chi connectivity index (χ4v) is 9.52. The second kappa shape index (κ2) is 13.2. The molecule has 0 unspecified atom stereocenters. The number of ether oxygens (including phenoxy) is 2. The third-order valence-corrected chi connectivity index (χ3v) is 11.9. The number of aromatic hydroxyl groups is 2. The van der Waals surface area contributed by atoms with Crippen molar-refractivity contribution in [3.8, 4) is 23.0 Å². The van der Waals surface area contributed by atoms with Crippen molar-refractivity contribution < 1.29 is 38.9 Å². The number of carbonyl (C=O) groups excluding carboxylic acids is 4. The van der Waals surface area contributed by atoms with Crippen LogP contribution in [0.3, 0.4) is 0 Å². The van der Waals surface area contributed by atoms with E-state index < -0.39 is 35.0 Å². The molecule has 1 heterocycles. The Hall–Kier alpha value is -5.96. The normalized spacial score (nSPS) is 26.3. The Bertz CT molecular complexity index is 2170. The minimum atomic E-state index is -1.43. The quantitative estimate of drug-likeness (QED) is 0.164. The number of benzene rings is 4. The Morgan fingerprint density at radius 2 is 1.43 bits per heavy atom. The summed E-state index contributed by atoms with van der Waals surface area (Å²) in [6.45, 7) is 0.184. The predicted octanol–water partition coefficient (Wildman–Crippen LogP) is 6.18. The Morgan fingerprint density at radius 1 is 0.792 bits per heavy atom. The van der Waals surface area contributed by atoms with Crippen LogP contribution in [0.2, 0.25) is 0 Å². The van der Waals surface area contributed by atoms with Gasteiger partial charge >= 0.3 is 0 Å². The van der Waals surface area contributed by atoms with Crippen LogP contribution < -0.4 is 9.47 Å². The second-order valence-electron chi connectivity index (χ2n) is 14.3. The molecule has 0 aromatic heterocycles. The number of amides is 2. The van der Waals surface area contributed by atoms with E-state index in [1.165, 1.54) is 25.2 Å². The maximum atomic E-state index is 15.2. The molecule has 0 spiro atoms. The molecule has 8 rings (SSSR count). The lowest BCUT2D eigenvalue weighted by molar-refractivity contribution is -0.140. The first-order valence-electron chi connectivity index (χ1n) is 17.9. The fourth-order valence-electron chi connectivity index (χ4n) is 9.52. The van der Waals surface area contributed by atoms with Crippen LogP contribution in [0.25, 0.3) is 5.57 Å². The smallest absolute Gasteiger partial charge is 0.233 e. The van der Waals surface area contributed by atoms with Crippen molar-refractivity contribution in [1.29, 1.82) is 0 Å². The average Bonchev–Trinajstić information content (AvgIpc) is 3.43. The number of ketones is 2. The molecule has 2 amide bonds. The van der Waals surface area contributed by atoms with Gasteiger partial charge in [0, 0.05) is 24.0 Å². The summed E-state index contributed by atoms with van der Waals surface area (Å²) in [5, 5.41) is 20.7.